The second-order valence-electron chi connectivity index (χ2n) is 6.29. The van der Waals surface area contributed by atoms with Gasteiger partial charge in [-0.15, -0.1) is 0 Å². The monoisotopic (exact) mass is 394 g/mol. The first-order valence-electron chi connectivity index (χ1n) is 8.47. The minimum absolute atomic E-state index is 0.0465. The van der Waals surface area contributed by atoms with Crippen molar-refractivity contribution in [2.24, 2.45) is 0 Å². The third-order valence-corrected chi connectivity index (χ3v) is 6.22. The van der Waals surface area contributed by atoms with Crippen molar-refractivity contribution >= 4 is 15.7 Å². The number of para-hydroxylation sites is 1. The molecule has 0 bridgehead atoms. The van der Waals surface area contributed by atoms with E-state index in [0.717, 1.165) is 16.8 Å². The van der Waals surface area contributed by atoms with E-state index >= 15 is 0 Å². The zero-order valence-electron chi connectivity index (χ0n) is 14.5. The van der Waals surface area contributed by atoms with Gasteiger partial charge in [0.15, 0.2) is 4.90 Å². The Balaban J connectivity index is 1.99. The van der Waals surface area contributed by atoms with Crippen LogP contribution in [0.25, 0.3) is 0 Å². The highest BCUT2D eigenvalue weighted by Crippen LogP contribution is 2.28. The molecule has 0 radical (unpaired) electrons. The van der Waals surface area contributed by atoms with Gasteiger partial charge in [-0.1, -0.05) is 24.3 Å². The third-order valence-electron chi connectivity index (χ3n) is 4.36. The number of sulfonamides is 1. The summed E-state index contributed by atoms with van der Waals surface area (Å²) in [6, 6.07) is 10.8. The van der Waals surface area contributed by atoms with Crippen molar-refractivity contribution in [2.45, 2.75) is 30.4 Å². The molecule has 1 unspecified atom stereocenters. The number of halogens is 1. The number of ether oxygens (including phenoxy) is 1. The maximum absolute atomic E-state index is 13.5. The van der Waals surface area contributed by atoms with Gasteiger partial charge in [0.25, 0.3) is 5.69 Å². The van der Waals surface area contributed by atoms with Gasteiger partial charge in [0, 0.05) is 25.8 Å². The van der Waals surface area contributed by atoms with Gasteiger partial charge in [0.2, 0.25) is 10.0 Å². The molecule has 2 aromatic rings. The standard InChI is InChI=1S/C18H19FN2O5S/c19-15-6-3-5-14(11-15)12-20(13-16-7-4-10-26-16)27(24,25)18-9-2-1-8-17(18)21(22)23/h1-3,5-6,8-9,11,16H,4,7,10,12-13H2. The molecule has 0 saturated carbocycles. The number of hydrogen-bond acceptors (Lipinski definition) is 5. The van der Waals surface area contributed by atoms with Crippen LogP contribution in [-0.4, -0.2) is 36.9 Å². The molecule has 9 heteroatoms. The summed E-state index contributed by atoms with van der Waals surface area (Å²) in [4.78, 5) is 10.2. The van der Waals surface area contributed by atoms with Crippen LogP contribution >= 0.6 is 0 Å². The van der Waals surface area contributed by atoms with Crippen LogP contribution in [0.2, 0.25) is 0 Å². The molecule has 1 aliphatic rings. The van der Waals surface area contributed by atoms with Gasteiger partial charge in [0.05, 0.1) is 11.0 Å². The summed E-state index contributed by atoms with van der Waals surface area (Å²) in [6.07, 6.45) is 1.23. The predicted octanol–water partition coefficient (Wildman–Crippen LogP) is 3.10. The highest BCUT2D eigenvalue weighted by Gasteiger charge is 2.33. The van der Waals surface area contributed by atoms with E-state index in [1.807, 2.05) is 0 Å². The Labute approximate surface area is 156 Å². The molecule has 2 aromatic carbocycles. The number of nitro benzene ring substituents is 1. The van der Waals surface area contributed by atoms with E-state index in [1.165, 1.54) is 36.4 Å². The van der Waals surface area contributed by atoms with Gasteiger partial charge in [-0.25, -0.2) is 12.8 Å². The fourth-order valence-corrected chi connectivity index (χ4v) is 4.68. The molecule has 1 saturated heterocycles. The minimum atomic E-state index is -4.19. The van der Waals surface area contributed by atoms with Gasteiger partial charge in [0.1, 0.15) is 5.82 Å². The summed E-state index contributed by atoms with van der Waals surface area (Å²) >= 11 is 0. The van der Waals surface area contributed by atoms with Crippen molar-refractivity contribution in [1.82, 2.24) is 4.31 Å². The molecule has 0 amide bonds. The van der Waals surface area contributed by atoms with E-state index < -0.39 is 26.5 Å². The molecule has 27 heavy (non-hydrogen) atoms. The summed E-state index contributed by atoms with van der Waals surface area (Å²) in [7, 11) is -4.19. The van der Waals surface area contributed by atoms with E-state index in [2.05, 4.69) is 0 Å². The fraction of sp³-hybridized carbons (Fsp3) is 0.333. The third kappa shape index (κ3) is 4.49. The summed E-state index contributed by atoms with van der Waals surface area (Å²) in [5.74, 6) is -0.479. The van der Waals surface area contributed by atoms with Crippen LogP contribution in [-0.2, 0) is 21.3 Å². The van der Waals surface area contributed by atoms with Crippen LogP contribution in [0.1, 0.15) is 18.4 Å². The second kappa shape index (κ2) is 8.12. The van der Waals surface area contributed by atoms with Crippen molar-refractivity contribution in [3.8, 4) is 0 Å². The zero-order valence-corrected chi connectivity index (χ0v) is 15.3. The Bertz CT molecular complexity index is 929. The number of benzene rings is 2. The fourth-order valence-electron chi connectivity index (χ4n) is 3.07. The average Bonchev–Trinajstić information content (AvgIpc) is 3.14. The Kier molecular flexibility index (Phi) is 5.83. The van der Waals surface area contributed by atoms with Crippen molar-refractivity contribution < 1.29 is 22.5 Å². The summed E-state index contributed by atoms with van der Waals surface area (Å²) in [6.45, 7) is 0.487. The number of hydrogen-bond donors (Lipinski definition) is 0. The molecule has 0 spiro atoms. The van der Waals surface area contributed by atoms with E-state index in [-0.39, 0.29) is 24.1 Å². The van der Waals surface area contributed by atoms with Crippen LogP contribution in [0.4, 0.5) is 10.1 Å². The molecular weight excluding hydrogens is 375 g/mol. The predicted molar refractivity (Wildman–Crippen MR) is 96.1 cm³/mol. The van der Waals surface area contributed by atoms with Gasteiger partial charge < -0.3 is 4.74 Å². The Morgan fingerprint density at radius 3 is 2.67 bits per heavy atom. The van der Waals surface area contributed by atoms with E-state index in [4.69, 9.17) is 4.74 Å². The van der Waals surface area contributed by atoms with Crippen LogP contribution in [0.5, 0.6) is 0 Å². The summed E-state index contributed by atoms with van der Waals surface area (Å²) in [5.41, 5.74) is -0.0377. The molecule has 144 valence electrons. The first kappa shape index (κ1) is 19.4. The lowest BCUT2D eigenvalue weighted by molar-refractivity contribution is -0.387. The molecule has 0 N–H and O–H groups in total. The van der Waals surface area contributed by atoms with Gasteiger partial charge >= 0.3 is 0 Å². The number of nitrogens with zero attached hydrogens (tertiary/aromatic N) is 2. The van der Waals surface area contributed by atoms with Gasteiger partial charge in [-0.05, 0) is 36.6 Å². The van der Waals surface area contributed by atoms with E-state index in [9.17, 15) is 22.9 Å². The van der Waals surface area contributed by atoms with Crippen molar-refractivity contribution in [3.63, 3.8) is 0 Å². The van der Waals surface area contributed by atoms with Crippen LogP contribution in [0.3, 0.4) is 0 Å². The van der Waals surface area contributed by atoms with Crippen LogP contribution < -0.4 is 0 Å². The largest absolute Gasteiger partial charge is 0.377 e. The topological polar surface area (TPSA) is 89.8 Å². The SMILES string of the molecule is O=[N+]([O-])c1ccccc1S(=O)(=O)N(Cc1cccc(F)c1)CC1CCCO1. The molecule has 7 nitrogen and oxygen atoms in total. The Morgan fingerprint density at radius 1 is 1.22 bits per heavy atom. The normalized spacial score (nSPS) is 17.3. The van der Waals surface area contributed by atoms with Crippen molar-refractivity contribution in [3.05, 3.63) is 70.0 Å². The maximum atomic E-state index is 13.5. The van der Waals surface area contributed by atoms with Gasteiger partial charge in [-0.2, -0.15) is 4.31 Å². The average molecular weight is 394 g/mol. The van der Waals surface area contributed by atoms with Crippen LogP contribution in [0, 0.1) is 15.9 Å². The highest BCUT2D eigenvalue weighted by atomic mass is 32.2. The summed E-state index contributed by atoms with van der Waals surface area (Å²) in [5, 5.41) is 11.3. The zero-order chi connectivity index (χ0) is 19.4. The summed E-state index contributed by atoms with van der Waals surface area (Å²) < 4.78 is 46.6. The molecule has 1 fully saturated rings. The Morgan fingerprint density at radius 2 is 2.00 bits per heavy atom. The smallest absolute Gasteiger partial charge is 0.289 e. The molecular formula is C18H19FN2O5S. The van der Waals surface area contributed by atoms with E-state index in [1.54, 1.807) is 6.07 Å². The molecule has 1 heterocycles. The second-order valence-corrected chi connectivity index (χ2v) is 8.19. The molecule has 1 atom stereocenters. The lowest BCUT2D eigenvalue weighted by atomic mass is 10.2. The lowest BCUT2D eigenvalue weighted by Gasteiger charge is -2.25. The molecule has 0 aliphatic carbocycles. The molecule has 0 aromatic heterocycles. The number of nitro groups is 1. The lowest BCUT2D eigenvalue weighted by Crippen LogP contribution is -2.37. The van der Waals surface area contributed by atoms with E-state index in [0.29, 0.717) is 18.6 Å². The number of rotatable bonds is 7. The highest BCUT2D eigenvalue weighted by molar-refractivity contribution is 7.89. The Hall–Kier alpha value is -2.36. The minimum Gasteiger partial charge on any atom is -0.377 e. The first-order valence-corrected chi connectivity index (χ1v) is 9.91. The van der Waals surface area contributed by atoms with Crippen molar-refractivity contribution in [1.29, 1.82) is 0 Å². The quantitative estimate of drug-likeness (QED) is 0.532. The molecule has 1 aliphatic heterocycles. The molecule has 3 rings (SSSR count). The van der Waals surface area contributed by atoms with Crippen LogP contribution in [0.15, 0.2) is 53.4 Å². The van der Waals surface area contributed by atoms with Crippen molar-refractivity contribution in [2.75, 3.05) is 13.2 Å². The maximum Gasteiger partial charge on any atom is 0.289 e. The first-order chi connectivity index (χ1) is 12.9. The van der Waals surface area contributed by atoms with Gasteiger partial charge in [-0.3, -0.25) is 10.1 Å².